The number of hydrogen-bond acceptors (Lipinski definition) is 4. The lowest BCUT2D eigenvalue weighted by molar-refractivity contribution is -0.137. The Labute approximate surface area is 143 Å². The lowest BCUT2D eigenvalue weighted by atomic mass is 10.2. The number of imidazole rings is 1. The van der Waals surface area contributed by atoms with Crippen LogP contribution in [0.25, 0.3) is 0 Å². The number of aromatic nitrogens is 2. The van der Waals surface area contributed by atoms with Gasteiger partial charge in [-0.25, -0.2) is 13.4 Å². The summed E-state index contributed by atoms with van der Waals surface area (Å²) in [7, 11) is -2.18. The van der Waals surface area contributed by atoms with Gasteiger partial charge in [-0.2, -0.15) is 17.5 Å². The summed E-state index contributed by atoms with van der Waals surface area (Å²) in [5.74, 6) is 0.572. The van der Waals surface area contributed by atoms with Crippen LogP contribution in [0.15, 0.2) is 41.6 Å². The summed E-state index contributed by atoms with van der Waals surface area (Å²) in [4.78, 5) is 4.05. The SMILES string of the molecule is Cn1ccnc1C1CNCCN1S(=O)(=O)c1ccc(C(F)(F)F)cc1. The van der Waals surface area contributed by atoms with Crippen LogP contribution in [0.4, 0.5) is 13.2 Å². The molecule has 25 heavy (non-hydrogen) atoms. The van der Waals surface area contributed by atoms with Crippen LogP contribution in [0, 0.1) is 0 Å². The summed E-state index contributed by atoms with van der Waals surface area (Å²) in [6.45, 7) is 1.05. The van der Waals surface area contributed by atoms with Gasteiger partial charge in [-0.1, -0.05) is 0 Å². The molecule has 0 radical (unpaired) electrons. The van der Waals surface area contributed by atoms with E-state index in [4.69, 9.17) is 0 Å². The van der Waals surface area contributed by atoms with Crippen molar-refractivity contribution in [2.45, 2.75) is 17.1 Å². The molecule has 136 valence electrons. The molecule has 1 N–H and O–H groups in total. The Morgan fingerprint density at radius 2 is 1.92 bits per heavy atom. The summed E-state index contributed by atoms with van der Waals surface area (Å²) in [5.41, 5.74) is -0.882. The van der Waals surface area contributed by atoms with Gasteiger partial charge in [-0.05, 0) is 24.3 Å². The number of hydrogen-bond donors (Lipinski definition) is 1. The van der Waals surface area contributed by atoms with Crippen LogP contribution in [-0.2, 0) is 23.2 Å². The highest BCUT2D eigenvalue weighted by atomic mass is 32.2. The highest BCUT2D eigenvalue weighted by Crippen LogP contribution is 2.32. The Morgan fingerprint density at radius 3 is 2.48 bits per heavy atom. The van der Waals surface area contributed by atoms with Crippen molar-refractivity contribution in [2.24, 2.45) is 7.05 Å². The second-order valence-electron chi connectivity index (χ2n) is 5.75. The Hall–Kier alpha value is -1.91. The van der Waals surface area contributed by atoms with Gasteiger partial charge in [0, 0.05) is 39.1 Å². The molecule has 6 nitrogen and oxygen atoms in total. The standard InChI is InChI=1S/C15H17F3N4O2S/c1-21-8-7-20-14(21)13-10-19-6-9-22(13)25(23,24)12-4-2-11(3-5-12)15(16,17)18/h2-5,7-8,13,19H,6,9-10H2,1H3. The van der Waals surface area contributed by atoms with Crippen LogP contribution in [0.3, 0.4) is 0 Å². The van der Waals surface area contributed by atoms with Gasteiger partial charge < -0.3 is 9.88 Å². The van der Waals surface area contributed by atoms with Gasteiger partial charge in [0.2, 0.25) is 10.0 Å². The summed E-state index contributed by atoms with van der Waals surface area (Å²) in [6.07, 6.45) is -1.22. The van der Waals surface area contributed by atoms with Crippen molar-refractivity contribution < 1.29 is 21.6 Å². The van der Waals surface area contributed by atoms with Crippen LogP contribution < -0.4 is 5.32 Å². The molecule has 0 amide bonds. The number of sulfonamides is 1. The molecule has 1 aromatic heterocycles. The minimum absolute atomic E-state index is 0.165. The van der Waals surface area contributed by atoms with Crippen LogP contribution in [-0.4, -0.2) is 41.9 Å². The van der Waals surface area contributed by atoms with Gasteiger partial charge in [-0.3, -0.25) is 0 Å². The number of halogens is 3. The van der Waals surface area contributed by atoms with E-state index in [2.05, 4.69) is 10.3 Å². The van der Waals surface area contributed by atoms with Crippen molar-refractivity contribution in [1.29, 1.82) is 0 Å². The number of benzene rings is 1. The maximum Gasteiger partial charge on any atom is 0.416 e. The highest BCUT2D eigenvalue weighted by molar-refractivity contribution is 7.89. The van der Waals surface area contributed by atoms with Gasteiger partial charge in [-0.15, -0.1) is 0 Å². The molecule has 1 aromatic carbocycles. The Balaban J connectivity index is 1.96. The Kier molecular flexibility index (Phi) is 4.60. The van der Waals surface area contributed by atoms with E-state index in [1.54, 1.807) is 24.0 Å². The van der Waals surface area contributed by atoms with Gasteiger partial charge in [0.1, 0.15) is 5.82 Å². The van der Waals surface area contributed by atoms with E-state index in [1.807, 2.05) is 0 Å². The number of alkyl halides is 3. The minimum Gasteiger partial charge on any atom is -0.337 e. The molecule has 1 aliphatic rings. The molecule has 0 bridgehead atoms. The fraction of sp³-hybridized carbons (Fsp3) is 0.400. The zero-order valence-electron chi connectivity index (χ0n) is 13.4. The van der Waals surface area contributed by atoms with Crippen LogP contribution in [0.2, 0.25) is 0 Å². The predicted molar refractivity (Wildman–Crippen MR) is 84.2 cm³/mol. The van der Waals surface area contributed by atoms with Crippen molar-refractivity contribution in [3.05, 3.63) is 48.0 Å². The maximum atomic E-state index is 12.9. The third kappa shape index (κ3) is 3.42. The van der Waals surface area contributed by atoms with Crippen LogP contribution in [0.5, 0.6) is 0 Å². The molecule has 1 atom stereocenters. The number of nitrogens with one attached hydrogen (secondary N) is 1. The van der Waals surface area contributed by atoms with E-state index < -0.39 is 27.8 Å². The molecule has 3 rings (SSSR count). The first kappa shape index (κ1) is 17.9. The number of piperazine rings is 1. The van der Waals surface area contributed by atoms with E-state index >= 15 is 0 Å². The third-order valence-electron chi connectivity index (χ3n) is 4.14. The van der Waals surface area contributed by atoms with Crippen molar-refractivity contribution in [3.63, 3.8) is 0 Å². The average molecular weight is 374 g/mol. The smallest absolute Gasteiger partial charge is 0.337 e. The predicted octanol–water partition coefficient (Wildman–Crippen LogP) is 1.77. The first-order chi connectivity index (χ1) is 11.7. The average Bonchev–Trinajstić information content (AvgIpc) is 3.00. The lowest BCUT2D eigenvalue weighted by Crippen LogP contribution is -2.49. The number of aryl methyl sites for hydroxylation is 1. The van der Waals surface area contributed by atoms with E-state index in [1.165, 1.54) is 4.31 Å². The molecule has 10 heteroatoms. The molecule has 0 spiro atoms. The second kappa shape index (κ2) is 6.43. The molecule has 2 heterocycles. The lowest BCUT2D eigenvalue weighted by Gasteiger charge is -2.34. The fourth-order valence-corrected chi connectivity index (χ4v) is 4.43. The zero-order chi connectivity index (χ0) is 18.2. The normalized spacial score (nSPS) is 19.9. The van der Waals surface area contributed by atoms with Crippen molar-refractivity contribution in [2.75, 3.05) is 19.6 Å². The summed E-state index contributed by atoms with van der Waals surface area (Å²) < 4.78 is 67.0. The third-order valence-corrected chi connectivity index (χ3v) is 6.06. The molecule has 2 aromatic rings. The summed E-state index contributed by atoms with van der Waals surface area (Å²) >= 11 is 0. The van der Waals surface area contributed by atoms with Gasteiger partial charge in [0.25, 0.3) is 0 Å². The first-order valence-electron chi connectivity index (χ1n) is 7.58. The first-order valence-corrected chi connectivity index (χ1v) is 9.02. The van der Waals surface area contributed by atoms with E-state index in [0.717, 1.165) is 24.3 Å². The zero-order valence-corrected chi connectivity index (χ0v) is 14.2. The topological polar surface area (TPSA) is 67.2 Å². The van der Waals surface area contributed by atoms with Crippen LogP contribution in [0.1, 0.15) is 17.4 Å². The van der Waals surface area contributed by atoms with Crippen molar-refractivity contribution >= 4 is 10.0 Å². The van der Waals surface area contributed by atoms with E-state index in [9.17, 15) is 21.6 Å². The van der Waals surface area contributed by atoms with E-state index in [-0.39, 0.29) is 11.4 Å². The molecular formula is C15H17F3N4O2S. The molecule has 1 aliphatic heterocycles. The van der Waals surface area contributed by atoms with Crippen LogP contribution >= 0.6 is 0 Å². The monoisotopic (exact) mass is 374 g/mol. The van der Waals surface area contributed by atoms with Crippen molar-refractivity contribution in [1.82, 2.24) is 19.2 Å². The quantitative estimate of drug-likeness (QED) is 0.889. The van der Waals surface area contributed by atoms with Gasteiger partial charge in [0.15, 0.2) is 0 Å². The molecule has 1 saturated heterocycles. The molecule has 0 saturated carbocycles. The van der Waals surface area contributed by atoms with Gasteiger partial charge in [0.05, 0.1) is 16.5 Å². The van der Waals surface area contributed by atoms with E-state index in [0.29, 0.717) is 18.9 Å². The molecular weight excluding hydrogens is 357 g/mol. The largest absolute Gasteiger partial charge is 0.416 e. The fourth-order valence-electron chi connectivity index (χ4n) is 2.84. The number of nitrogens with zero attached hydrogens (tertiary/aromatic N) is 3. The second-order valence-corrected chi connectivity index (χ2v) is 7.64. The van der Waals surface area contributed by atoms with Gasteiger partial charge >= 0.3 is 6.18 Å². The molecule has 1 fully saturated rings. The summed E-state index contributed by atoms with van der Waals surface area (Å²) in [6, 6.07) is 3.03. The number of rotatable bonds is 3. The maximum absolute atomic E-state index is 12.9. The minimum atomic E-state index is -4.51. The Bertz CT molecular complexity index is 846. The van der Waals surface area contributed by atoms with Crippen molar-refractivity contribution in [3.8, 4) is 0 Å². The summed E-state index contributed by atoms with van der Waals surface area (Å²) in [5, 5.41) is 3.12. The molecule has 0 aliphatic carbocycles. The molecule has 1 unspecified atom stereocenters. The Morgan fingerprint density at radius 1 is 1.24 bits per heavy atom. The highest BCUT2D eigenvalue weighted by Gasteiger charge is 2.37.